The van der Waals surface area contributed by atoms with Crippen LogP contribution in [0.5, 0.6) is 23.0 Å². The van der Waals surface area contributed by atoms with Gasteiger partial charge in [0.25, 0.3) is 5.75 Å². The quantitative estimate of drug-likeness (QED) is 0.166. The number of hydrogen-bond acceptors (Lipinski definition) is 7. The molecular formula is C33H33O8+. The van der Waals surface area contributed by atoms with Crippen molar-refractivity contribution < 1.29 is 37.9 Å². The number of fused-ring (bicyclic) bond motifs is 2. The molecule has 4 aliphatic heterocycles. The Labute approximate surface area is 237 Å². The monoisotopic (exact) mass is 557 g/mol. The van der Waals surface area contributed by atoms with Crippen molar-refractivity contribution in [2.75, 3.05) is 52.9 Å². The summed E-state index contributed by atoms with van der Waals surface area (Å²) in [5.41, 5.74) is 2.23. The number of aliphatic hydroxyl groups is 1. The van der Waals surface area contributed by atoms with Gasteiger partial charge < -0.3 is 37.9 Å². The van der Waals surface area contributed by atoms with Crippen LogP contribution < -0.4 is 14.2 Å². The van der Waals surface area contributed by atoms with Crippen molar-refractivity contribution in [1.29, 1.82) is 0 Å². The standard InChI is InChI=1S/C33H32O8/c1-5-22(34-12-24-14-36-24)9-28-20(1)3-7-32(40-18-26-16-38-26)30(28)11-31-29-10-23(35-13-25-15-37-25)6-2-21(29)4-8-33(31)41-19-27-17-39-27/h1-10,24-27H,11-19H2/p+1. The van der Waals surface area contributed by atoms with E-state index in [4.69, 9.17) is 37.9 Å². The number of ether oxygens (including phenoxy) is 8. The number of rotatable bonds is 14. The van der Waals surface area contributed by atoms with Gasteiger partial charge >= 0.3 is 0 Å². The van der Waals surface area contributed by atoms with Gasteiger partial charge in [-0.25, -0.2) is 0 Å². The van der Waals surface area contributed by atoms with Crippen LogP contribution >= 0.6 is 0 Å². The molecule has 0 radical (unpaired) electrons. The first-order valence-corrected chi connectivity index (χ1v) is 14.4. The molecule has 0 saturated carbocycles. The van der Waals surface area contributed by atoms with Crippen LogP contribution in [0.1, 0.15) is 11.1 Å². The van der Waals surface area contributed by atoms with Gasteiger partial charge in [-0.2, -0.15) is 0 Å². The second kappa shape index (κ2) is 10.7. The zero-order chi connectivity index (χ0) is 27.2. The van der Waals surface area contributed by atoms with E-state index in [0.29, 0.717) is 32.8 Å². The van der Waals surface area contributed by atoms with Gasteiger partial charge in [0.05, 0.1) is 32.0 Å². The van der Waals surface area contributed by atoms with Crippen molar-refractivity contribution in [2.45, 2.75) is 30.8 Å². The lowest BCUT2D eigenvalue weighted by atomic mass is 9.93. The van der Waals surface area contributed by atoms with Crippen LogP contribution in [-0.4, -0.2) is 82.0 Å². The molecule has 4 unspecified atom stereocenters. The second-order valence-corrected chi connectivity index (χ2v) is 11.1. The Balaban J connectivity index is 1.21. The van der Waals surface area contributed by atoms with Crippen molar-refractivity contribution in [1.82, 2.24) is 0 Å². The predicted octanol–water partition coefficient (Wildman–Crippen LogP) is 4.56. The molecule has 0 amide bonds. The molecule has 8 heteroatoms. The lowest BCUT2D eigenvalue weighted by Crippen LogP contribution is -2.08. The first-order chi connectivity index (χ1) is 20.2. The molecule has 4 aromatic carbocycles. The molecule has 212 valence electrons. The second-order valence-electron chi connectivity index (χ2n) is 11.1. The van der Waals surface area contributed by atoms with E-state index in [1.165, 1.54) is 0 Å². The van der Waals surface area contributed by atoms with Crippen molar-refractivity contribution >= 4 is 21.5 Å². The Morgan fingerprint density at radius 3 is 1.68 bits per heavy atom. The third-order valence-corrected chi connectivity index (χ3v) is 7.87. The summed E-state index contributed by atoms with van der Waals surface area (Å²) in [6, 6.07) is 21.0. The normalized spacial score (nSPS) is 23.8. The molecule has 8 rings (SSSR count). The third kappa shape index (κ3) is 6.06. The van der Waals surface area contributed by atoms with Crippen LogP contribution in [0.3, 0.4) is 0 Å². The molecule has 0 spiro atoms. The van der Waals surface area contributed by atoms with Crippen LogP contribution in [0.2, 0.25) is 0 Å². The summed E-state index contributed by atoms with van der Waals surface area (Å²) in [4.78, 5) is 0. The Hall–Kier alpha value is -3.56. The van der Waals surface area contributed by atoms with Crippen LogP contribution in [0.25, 0.3) is 21.5 Å². The predicted molar refractivity (Wildman–Crippen MR) is 153 cm³/mol. The van der Waals surface area contributed by atoms with Gasteiger partial charge in [-0.1, -0.05) is 18.2 Å². The van der Waals surface area contributed by atoms with Gasteiger partial charge in [-0.3, -0.25) is 0 Å². The lowest BCUT2D eigenvalue weighted by Gasteiger charge is -2.18. The van der Waals surface area contributed by atoms with Crippen molar-refractivity contribution in [3.63, 3.8) is 0 Å². The molecule has 4 fully saturated rings. The SMILES string of the molecule is c1cc2ccc(OCC3CO3)c(Cc3c([OH+]CC4CO4)ccc4ccc(OCC5CO5)cc34)c2cc1OCC1CO1. The molecule has 4 aromatic rings. The van der Waals surface area contributed by atoms with E-state index in [2.05, 4.69) is 48.5 Å². The maximum atomic E-state index is 6.37. The van der Waals surface area contributed by atoms with E-state index >= 15 is 0 Å². The molecule has 0 aromatic heterocycles. The minimum absolute atomic E-state index is 0.156. The van der Waals surface area contributed by atoms with E-state index in [1.807, 2.05) is 12.1 Å². The minimum Gasteiger partial charge on any atom is -0.581 e. The minimum atomic E-state index is 0.156. The van der Waals surface area contributed by atoms with Gasteiger partial charge in [0.1, 0.15) is 55.4 Å². The molecule has 0 aliphatic carbocycles. The highest BCUT2D eigenvalue weighted by atomic mass is 16.6. The van der Waals surface area contributed by atoms with Crippen LogP contribution in [0.4, 0.5) is 0 Å². The number of benzene rings is 4. The van der Waals surface area contributed by atoms with E-state index in [0.717, 1.165) is 82.1 Å². The van der Waals surface area contributed by atoms with Gasteiger partial charge in [-0.05, 0) is 57.9 Å². The highest BCUT2D eigenvalue weighted by Gasteiger charge is 2.29. The fourth-order valence-corrected chi connectivity index (χ4v) is 5.13. The van der Waals surface area contributed by atoms with Crippen LogP contribution in [-0.2, 0) is 25.4 Å². The van der Waals surface area contributed by atoms with Crippen LogP contribution in [0, 0.1) is 0 Å². The molecule has 41 heavy (non-hydrogen) atoms. The summed E-state index contributed by atoms with van der Waals surface area (Å²) in [6.07, 6.45) is 1.38. The fourth-order valence-electron chi connectivity index (χ4n) is 5.13. The number of aromatic hydroxyl groups is 1. The number of epoxide rings is 4. The van der Waals surface area contributed by atoms with Gasteiger partial charge in [-0.15, -0.1) is 0 Å². The van der Waals surface area contributed by atoms with Crippen molar-refractivity contribution in [3.05, 3.63) is 71.8 Å². The average molecular weight is 558 g/mol. The molecule has 4 aliphatic rings. The molecule has 4 atom stereocenters. The van der Waals surface area contributed by atoms with Gasteiger partial charge in [0.15, 0.2) is 6.10 Å². The van der Waals surface area contributed by atoms with Crippen molar-refractivity contribution in [2.24, 2.45) is 0 Å². The maximum Gasteiger partial charge on any atom is 0.258 e. The molecule has 8 nitrogen and oxygen atoms in total. The smallest absolute Gasteiger partial charge is 0.258 e. The van der Waals surface area contributed by atoms with Gasteiger partial charge in [0.2, 0.25) is 6.61 Å². The summed E-state index contributed by atoms with van der Waals surface area (Å²) >= 11 is 0. The Bertz CT molecular complexity index is 1440. The highest BCUT2D eigenvalue weighted by molar-refractivity contribution is 5.92. The van der Waals surface area contributed by atoms with Crippen LogP contribution in [0.15, 0.2) is 60.7 Å². The van der Waals surface area contributed by atoms with E-state index < -0.39 is 0 Å². The van der Waals surface area contributed by atoms with Gasteiger partial charge in [0, 0.05) is 18.1 Å². The molecule has 0 bridgehead atoms. The summed E-state index contributed by atoms with van der Waals surface area (Å²) in [5, 5.41) is 4.48. The molecular weight excluding hydrogens is 524 g/mol. The first-order valence-electron chi connectivity index (χ1n) is 14.4. The molecule has 4 heterocycles. The largest absolute Gasteiger partial charge is 0.581 e. The average Bonchev–Trinajstić information content (AvgIpc) is 3.83. The summed E-state index contributed by atoms with van der Waals surface area (Å²) < 4.78 is 45.2. The Morgan fingerprint density at radius 1 is 0.585 bits per heavy atom. The summed E-state index contributed by atoms with van der Waals surface area (Å²) in [5.74, 6) is 3.46. The van der Waals surface area contributed by atoms with E-state index in [-0.39, 0.29) is 24.4 Å². The first kappa shape index (κ1) is 25.2. The number of hydrogen-bond donors (Lipinski definition) is 0. The third-order valence-electron chi connectivity index (χ3n) is 7.87. The molecule has 4 saturated heterocycles. The van der Waals surface area contributed by atoms with E-state index in [9.17, 15) is 0 Å². The summed E-state index contributed by atoms with van der Waals surface area (Å²) in [7, 11) is 0. The fraction of sp³-hybridized carbons (Fsp3) is 0.394. The topological polar surface area (TPSA) is 90.6 Å². The zero-order valence-corrected chi connectivity index (χ0v) is 22.8. The van der Waals surface area contributed by atoms with Crippen molar-refractivity contribution in [3.8, 4) is 23.0 Å². The zero-order valence-electron chi connectivity index (χ0n) is 22.8. The summed E-state index contributed by atoms with van der Waals surface area (Å²) in [6.45, 7) is 5.33. The maximum absolute atomic E-state index is 6.37. The lowest BCUT2D eigenvalue weighted by molar-refractivity contribution is 0.0528. The Morgan fingerprint density at radius 2 is 1.10 bits per heavy atom. The Kier molecular flexibility index (Phi) is 6.56. The highest BCUT2D eigenvalue weighted by Crippen LogP contribution is 2.39. The van der Waals surface area contributed by atoms with E-state index in [1.54, 1.807) is 0 Å². The molecule has 1 N–H and O–H groups in total.